The molecule has 31 heavy (non-hydrogen) atoms. The molecule has 0 radical (unpaired) electrons. The number of aromatic hydroxyl groups is 1. The Hall–Kier alpha value is -3.09. The molecule has 7 nitrogen and oxygen atoms in total. The minimum atomic E-state index is -0.914. The number of phenolic OH excluding ortho intramolecular Hbond substituents is 1. The zero-order valence-electron chi connectivity index (χ0n) is 18.1. The van der Waals surface area contributed by atoms with Crippen molar-refractivity contribution >= 4 is 28.8 Å². The van der Waals surface area contributed by atoms with Crippen LogP contribution in [0.1, 0.15) is 57.4 Å². The van der Waals surface area contributed by atoms with Crippen LogP contribution < -0.4 is 10.2 Å². The lowest BCUT2D eigenvalue weighted by Crippen LogP contribution is -2.41. The Kier molecular flexibility index (Phi) is 3.84. The number of hydrogen-bond acceptors (Lipinski definition) is 7. The van der Waals surface area contributed by atoms with Crippen LogP contribution in [0.15, 0.2) is 21.4 Å². The molecule has 5 rings (SSSR count). The number of rotatable bonds is 1. The van der Waals surface area contributed by atoms with Crippen LogP contribution in [0.4, 0.5) is 0 Å². The number of ketones is 1. The molecule has 2 aromatic rings. The Labute approximate surface area is 178 Å². The molecule has 1 saturated heterocycles. The first-order valence-electron chi connectivity index (χ1n) is 10.4. The minimum Gasteiger partial charge on any atom is -0.507 e. The second kappa shape index (κ2) is 5.99. The Morgan fingerprint density at radius 2 is 1.87 bits per heavy atom. The molecule has 7 heteroatoms. The van der Waals surface area contributed by atoms with Crippen molar-refractivity contribution in [3.63, 3.8) is 0 Å². The van der Waals surface area contributed by atoms with E-state index < -0.39 is 34.4 Å². The van der Waals surface area contributed by atoms with E-state index in [4.69, 9.17) is 13.9 Å². The van der Waals surface area contributed by atoms with Gasteiger partial charge in [-0.1, -0.05) is 0 Å². The van der Waals surface area contributed by atoms with Crippen LogP contribution in [0.2, 0.25) is 0 Å². The number of benzene rings is 1. The molecule has 1 N–H and O–H groups in total. The van der Waals surface area contributed by atoms with E-state index in [9.17, 15) is 19.5 Å². The third kappa shape index (κ3) is 2.68. The predicted molar refractivity (Wildman–Crippen MR) is 112 cm³/mol. The first kappa shape index (κ1) is 19.8. The normalized spacial score (nSPS) is 27.1. The van der Waals surface area contributed by atoms with Gasteiger partial charge in [0.15, 0.2) is 11.0 Å². The molecule has 3 atom stereocenters. The lowest BCUT2D eigenvalue weighted by molar-refractivity contribution is -0.150. The van der Waals surface area contributed by atoms with Gasteiger partial charge in [0.2, 0.25) is 0 Å². The fourth-order valence-corrected chi connectivity index (χ4v) is 5.25. The molecule has 1 aliphatic carbocycles. The fraction of sp³-hybridized carbons (Fsp3) is 0.458. The number of ether oxygens (including phenoxy) is 2. The summed E-state index contributed by atoms with van der Waals surface area (Å²) in [6, 6.07) is 1.42. The van der Waals surface area contributed by atoms with Gasteiger partial charge in [0.25, 0.3) is 0 Å². The van der Waals surface area contributed by atoms with E-state index in [0.717, 1.165) is 0 Å². The van der Waals surface area contributed by atoms with E-state index in [1.54, 1.807) is 19.9 Å². The number of carbonyl (C=O) groups is 2. The summed E-state index contributed by atoms with van der Waals surface area (Å²) in [6.07, 6.45) is 3.86. The minimum absolute atomic E-state index is 0.0502. The zero-order chi connectivity index (χ0) is 22.5. The molecule has 162 valence electrons. The number of phenols is 1. The number of fused-ring (bicyclic) bond motifs is 5. The van der Waals surface area contributed by atoms with Crippen LogP contribution in [0.25, 0.3) is 17.0 Å². The van der Waals surface area contributed by atoms with Gasteiger partial charge in [0.05, 0.1) is 17.4 Å². The fourth-order valence-electron chi connectivity index (χ4n) is 5.25. The second-order valence-corrected chi connectivity index (χ2v) is 9.77. The molecule has 0 bridgehead atoms. The van der Waals surface area contributed by atoms with Crippen molar-refractivity contribution < 1.29 is 28.6 Å². The summed E-state index contributed by atoms with van der Waals surface area (Å²) in [5.74, 6) is -2.35. The van der Waals surface area contributed by atoms with Crippen molar-refractivity contribution in [2.45, 2.75) is 58.2 Å². The maximum Gasteiger partial charge on any atom is 0.311 e. The summed E-state index contributed by atoms with van der Waals surface area (Å²) in [7, 11) is 0. The van der Waals surface area contributed by atoms with Crippen molar-refractivity contribution in [2.24, 2.45) is 11.8 Å². The van der Waals surface area contributed by atoms with Crippen LogP contribution in [-0.4, -0.2) is 28.1 Å². The number of Topliss-reactive ketones (excluding diaryl/α,β-unsaturated/α-hetero) is 1. The quantitative estimate of drug-likeness (QED) is 0.699. The summed E-state index contributed by atoms with van der Waals surface area (Å²) in [6.45, 7) is 8.71. The van der Waals surface area contributed by atoms with E-state index in [0.29, 0.717) is 16.9 Å². The van der Waals surface area contributed by atoms with Crippen LogP contribution in [-0.2, 0) is 20.7 Å². The van der Waals surface area contributed by atoms with Gasteiger partial charge in [0, 0.05) is 17.5 Å². The van der Waals surface area contributed by atoms with Gasteiger partial charge in [-0.3, -0.25) is 14.4 Å². The van der Waals surface area contributed by atoms with Gasteiger partial charge in [-0.15, -0.1) is 0 Å². The molecule has 3 aliphatic rings. The van der Waals surface area contributed by atoms with Crippen LogP contribution in [0, 0.1) is 11.8 Å². The summed E-state index contributed by atoms with van der Waals surface area (Å²) < 4.78 is 17.7. The molecule has 2 aliphatic heterocycles. The first-order valence-corrected chi connectivity index (χ1v) is 10.4. The Balaban J connectivity index is 1.83. The Bertz CT molecular complexity index is 1260. The van der Waals surface area contributed by atoms with Gasteiger partial charge in [0.1, 0.15) is 39.6 Å². The van der Waals surface area contributed by atoms with Gasteiger partial charge >= 0.3 is 5.97 Å². The Morgan fingerprint density at radius 1 is 1.16 bits per heavy atom. The van der Waals surface area contributed by atoms with Crippen molar-refractivity contribution in [1.29, 1.82) is 0 Å². The first-order chi connectivity index (χ1) is 14.4. The van der Waals surface area contributed by atoms with E-state index in [1.165, 1.54) is 13.0 Å². The number of carbonyl (C=O) groups excluding carboxylic acids is 2. The maximum atomic E-state index is 13.5. The molecule has 1 aromatic heterocycles. The Morgan fingerprint density at radius 3 is 2.55 bits per heavy atom. The molecular formula is C24H24O7. The molecule has 0 amide bonds. The van der Waals surface area contributed by atoms with Crippen LogP contribution in [0.3, 0.4) is 0 Å². The summed E-state index contributed by atoms with van der Waals surface area (Å²) in [5.41, 5.74) is -0.803. The molecule has 0 saturated carbocycles. The van der Waals surface area contributed by atoms with Gasteiger partial charge in [-0.2, -0.15) is 0 Å². The third-order valence-electron chi connectivity index (χ3n) is 6.76. The monoisotopic (exact) mass is 424 g/mol. The molecule has 0 spiro atoms. The van der Waals surface area contributed by atoms with Crippen molar-refractivity contribution in [3.8, 4) is 11.5 Å². The van der Waals surface area contributed by atoms with Gasteiger partial charge in [-0.25, -0.2) is 0 Å². The number of cyclic esters (lactones) is 1. The van der Waals surface area contributed by atoms with E-state index in [-0.39, 0.29) is 40.6 Å². The van der Waals surface area contributed by atoms with Gasteiger partial charge < -0.3 is 19.0 Å². The predicted octanol–water partition coefficient (Wildman–Crippen LogP) is 3.48. The van der Waals surface area contributed by atoms with Crippen molar-refractivity contribution in [3.05, 3.63) is 39.3 Å². The SMILES string of the molecule is CC(=O)[C@@H]1c2oc3c4c(cc(O)c3c(=O)c2C[C@@H]2[C@H]1C(=O)OC2(C)C)OC(C)(C)C=C4. The maximum absolute atomic E-state index is 13.5. The van der Waals surface area contributed by atoms with E-state index in [1.807, 2.05) is 19.9 Å². The van der Waals surface area contributed by atoms with Crippen LogP contribution >= 0.6 is 0 Å². The highest BCUT2D eigenvalue weighted by Crippen LogP contribution is 2.51. The lowest BCUT2D eigenvalue weighted by atomic mass is 9.66. The van der Waals surface area contributed by atoms with Crippen LogP contribution in [0.5, 0.6) is 11.5 Å². The van der Waals surface area contributed by atoms with Crippen molar-refractivity contribution in [2.75, 3.05) is 0 Å². The standard InChI is InChI=1S/C24H24O7/c1-10(25)16-17-13(24(4,5)31-22(17)28)8-12-19(27)18-14(26)9-15-11(20(18)29-21(12)16)6-7-23(2,3)30-15/h6-7,9,13,16-17,26H,8H2,1-5H3/t13-,16+,17-/m1/s1. The van der Waals surface area contributed by atoms with Gasteiger partial charge in [-0.05, 0) is 53.2 Å². The summed E-state index contributed by atoms with van der Waals surface area (Å²) >= 11 is 0. The highest BCUT2D eigenvalue weighted by molar-refractivity contribution is 5.96. The molecular weight excluding hydrogens is 400 g/mol. The van der Waals surface area contributed by atoms with E-state index in [2.05, 4.69) is 0 Å². The average molecular weight is 424 g/mol. The number of esters is 1. The highest BCUT2D eigenvalue weighted by atomic mass is 16.6. The van der Waals surface area contributed by atoms with E-state index >= 15 is 0 Å². The second-order valence-electron chi connectivity index (χ2n) is 9.77. The van der Waals surface area contributed by atoms with Crippen molar-refractivity contribution in [1.82, 2.24) is 0 Å². The zero-order valence-corrected chi connectivity index (χ0v) is 18.1. The average Bonchev–Trinajstić information content (AvgIpc) is 2.87. The lowest BCUT2D eigenvalue weighted by Gasteiger charge is -2.34. The third-order valence-corrected chi connectivity index (χ3v) is 6.76. The largest absolute Gasteiger partial charge is 0.507 e. The highest BCUT2D eigenvalue weighted by Gasteiger charge is 2.58. The summed E-state index contributed by atoms with van der Waals surface area (Å²) in [4.78, 5) is 38.9. The molecule has 1 fully saturated rings. The topological polar surface area (TPSA) is 103 Å². The molecule has 3 heterocycles. The smallest absolute Gasteiger partial charge is 0.311 e. The molecule has 0 unspecified atom stereocenters. The number of hydrogen-bond donors (Lipinski definition) is 1. The molecule has 1 aromatic carbocycles. The summed E-state index contributed by atoms with van der Waals surface area (Å²) in [5, 5.41) is 10.7.